The normalized spacial score (nSPS) is 17.8. The molecule has 1 unspecified atom stereocenters. The highest BCUT2D eigenvalue weighted by molar-refractivity contribution is 5.97. The van der Waals surface area contributed by atoms with Crippen LogP contribution >= 0.6 is 0 Å². The summed E-state index contributed by atoms with van der Waals surface area (Å²) in [6.45, 7) is 7.16. The minimum absolute atomic E-state index is 0.143. The van der Waals surface area contributed by atoms with Crippen LogP contribution < -0.4 is 4.74 Å². The number of hydrogen-bond acceptors (Lipinski definition) is 5. The molecule has 0 spiro atoms. The topological polar surface area (TPSA) is 72.6 Å². The number of nitrogens with zero attached hydrogens (tertiary/aromatic N) is 5. The van der Waals surface area contributed by atoms with Crippen molar-refractivity contribution in [2.24, 2.45) is 0 Å². The summed E-state index contributed by atoms with van der Waals surface area (Å²) in [6.07, 6.45) is 0.965. The summed E-state index contributed by atoms with van der Waals surface area (Å²) in [6, 6.07) is 6.83. The molecule has 1 aliphatic rings. The van der Waals surface area contributed by atoms with Gasteiger partial charge in [-0.2, -0.15) is 10.1 Å². The molecule has 1 saturated heterocycles. The van der Waals surface area contributed by atoms with Gasteiger partial charge in [0, 0.05) is 24.6 Å². The van der Waals surface area contributed by atoms with E-state index in [0.717, 1.165) is 5.56 Å². The van der Waals surface area contributed by atoms with Gasteiger partial charge in [0.25, 0.3) is 17.6 Å². The monoisotopic (exact) mass is 431 g/mol. The van der Waals surface area contributed by atoms with E-state index in [1.54, 1.807) is 31.2 Å². The van der Waals surface area contributed by atoms with Crippen LogP contribution in [0, 0.1) is 13.8 Å². The van der Waals surface area contributed by atoms with Crippen molar-refractivity contribution < 1.29 is 18.3 Å². The number of fused-ring (bicyclic) bond motifs is 1. The Morgan fingerprint density at radius 1 is 1.23 bits per heavy atom. The van der Waals surface area contributed by atoms with Crippen molar-refractivity contribution in [2.75, 3.05) is 20.2 Å². The summed E-state index contributed by atoms with van der Waals surface area (Å²) in [4.78, 5) is 22.6. The van der Waals surface area contributed by atoms with Crippen molar-refractivity contribution >= 4 is 11.7 Å². The highest BCUT2D eigenvalue weighted by Gasteiger charge is 2.44. The van der Waals surface area contributed by atoms with E-state index in [0.29, 0.717) is 22.9 Å². The zero-order chi connectivity index (χ0) is 22.8. The Hall–Kier alpha value is -3.10. The van der Waals surface area contributed by atoms with Crippen LogP contribution in [-0.2, 0) is 0 Å². The van der Waals surface area contributed by atoms with E-state index in [2.05, 4.69) is 15.1 Å². The maximum absolute atomic E-state index is 14.7. The third-order valence-corrected chi connectivity index (χ3v) is 5.11. The van der Waals surface area contributed by atoms with Crippen LogP contribution in [0.15, 0.2) is 30.6 Å². The number of carbonyl (C=O) groups excluding carboxylic acids is 1. The highest BCUT2D eigenvalue weighted by Crippen LogP contribution is 2.37. The van der Waals surface area contributed by atoms with Crippen molar-refractivity contribution in [3.63, 3.8) is 0 Å². The fraction of sp³-hybridized carbons (Fsp3) is 0.455. The molecule has 1 amide bonds. The molecule has 1 atom stereocenters. The van der Waals surface area contributed by atoms with Crippen LogP contribution in [0.2, 0.25) is 0 Å². The average molecular weight is 431 g/mol. The number of halogens is 2. The lowest BCUT2D eigenvalue weighted by Gasteiger charge is -2.38. The first-order chi connectivity index (χ1) is 14.8. The van der Waals surface area contributed by atoms with Crippen molar-refractivity contribution in [3.05, 3.63) is 53.1 Å². The first-order valence-electron chi connectivity index (χ1n) is 10.3. The van der Waals surface area contributed by atoms with Crippen molar-refractivity contribution in [3.8, 4) is 5.75 Å². The molecular formula is C22H27F2N5O2. The number of aromatic nitrogens is 4. The van der Waals surface area contributed by atoms with Gasteiger partial charge in [-0.15, -0.1) is 0 Å². The molecule has 3 heterocycles. The number of aryl methyl sites for hydroxylation is 2. The van der Waals surface area contributed by atoms with Crippen LogP contribution in [-0.4, -0.2) is 56.5 Å². The molecule has 2 aromatic heterocycles. The molecule has 0 N–H and O–H groups in total. The maximum atomic E-state index is 14.7. The Kier molecular flexibility index (Phi) is 6.52. The van der Waals surface area contributed by atoms with Crippen LogP contribution in [0.25, 0.3) is 5.78 Å². The van der Waals surface area contributed by atoms with Crippen molar-refractivity contribution in [1.82, 2.24) is 24.5 Å². The molecule has 1 fully saturated rings. The molecule has 0 aliphatic carbocycles. The molecule has 0 saturated carbocycles. The second-order valence-electron chi connectivity index (χ2n) is 7.44. The fourth-order valence-corrected chi connectivity index (χ4v) is 3.85. The molecule has 0 radical (unpaired) electrons. The van der Waals surface area contributed by atoms with E-state index in [1.807, 2.05) is 20.8 Å². The molecule has 1 aromatic carbocycles. The first kappa shape index (κ1) is 22.6. The van der Waals surface area contributed by atoms with Gasteiger partial charge in [0.05, 0.1) is 24.9 Å². The van der Waals surface area contributed by atoms with E-state index in [1.165, 1.54) is 22.9 Å². The van der Waals surface area contributed by atoms with E-state index in [9.17, 15) is 13.6 Å². The van der Waals surface area contributed by atoms with Gasteiger partial charge in [0.15, 0.2) is 0 Å². The predicted octanol–water partition coefficient (Wildman–Crippen LogP) is 4.04. The van der Waals surface area contributed by atoms with Crippen LogP contribution in [0.5, 0.6) is 5.75 Å². The summed E-state index contributed by atoms with van der Waals surface area (Å²) in [7, 11) is 1.46. The number of alkyl halides is 2. The quantitative estimate of drug-likeness (QED) is 0.626. The number of hydrogen-bond donors (Lipinski definition) is 0. The van der Waals surface area contributed by atoms with Gasteiger partial charge in [-0.3, -0.25) is 4.79 Å². The standard InChI is InChI=1S/C20H21F2N5O2.C2H6/c1-12-4-5-15(17(6-12)29-3)18(28)26-9-14(8-20(21,22)10-26)16-7-13(2)25-19-23-11-24-27(16)19;1-2/h4-7,11,14H,8-10H2,1-3H3;1-2H3. The summed E-state index contributed by atoms with van der Waals surface area (Å²) >= 11 is 0. The maximum Gasteiger partial charge on any atom is 0.266 e. The summed E-state index contributed by atoms with van der Waals surface area (Å²) in [5, 5.41) is 4.12. The molecule has 7 nitrogen and oxygen atoms in total. The SMILES string of the molecule is CC.COc1cc(C)ccc1C(=O)N1CC(c2cc(C)nc3ncnn23)CC(F)(F)C1. The number of methoxy groups -OCH3 is 1. The lowest BCUT2D eigenvalue weighted by Crippen LogP contribution is -2.49. The molecular weight excluding hydrogens is 404 g/mol. The van der Waals surface area contributed by atoms with Gasteiger partial charge in [-0.25, -0.2) is 18.3 Å². The molecule has 166 valence electrons. The molecule has 4 rings (SSSR count). The predicted molar refractivity (Wildman–Crippen MR) is 113 cm³/mol. The average Bonchev–Trinajstić information content (AvgIpc) is 3.21. The zero-order valence-corrected chi connectivity index (χ0v) is 18.4. The van der Waals surface area contributed by atoms with Gasteiger partial charge in [0.2, 0.25) is 0 Å². The van der Waals surface area contributed by atoms with E-state index >= 15 is 0 Å². The number of piperidine rings is 1. The minimum atomic E-state index is -3.03. The number of carbonyl (C=O) groups is 1. The van der Waals surface area contributed by atoms with Crippen LogP contribution in [0.3, 0.4) is 0 Å². The third kappa shape index (κ3) is 4.65. The zero-order valence-electron chi connectivity index (χ0n) is 18.4. The Bertz CT molecular complexity index is 1080. The summed E-state index contributed by atoms with van der Waals surface area (Å²) in [5.41, 5.74) is 2.41. The lowest BCUT2D eigenvalue weighted by molar-refractivity contribution is -0.0641. The Morgan fingerprint density at radius 3 is 2.68 bits per heavy atom. The smallest absolute Gasteiger partial charge is 0.266 e. The van der Waals surface area contributed by atoms with Crippen molar-refractivity contribution in [2.45, 2.75) is 46.0 Å². The number of likely N-dealkylation sites (tertiary alicyclic amines) is 1. The lowest BCUT2D eigenvalue weighted by atomic mass is 9.91. The molecule has 3 aromatic rings. The van der Waals surface area contributed by atoms with Gasteiger partial charge >= 0.3 is 0 Å². The Labute approximate surface area is 180 Å². The van der Waals surface area contributed by atoms with Crippen molar-refractivity contribution in [1.29, 1.82) is 0 Å². The summed E-state index contributed by atoms with van der Waals surface area (Å²) < 4.78 is 36.1. The van der Waals surface area contributed by atoms with E-state index in [-0.39, 0.29) is 18.5 Å². The minimum Gasteiger partial charge on any atom is -0.496 e. The van der Waals surface area contributed by atoms with Crippen LogP contribution in [0.4, 0.5) is 8.78 Å². The van der Waals surface area contributed by atoms with Crippen LogP contribution in [0.1, 0.15) is 53.5 Å². The molecule has 1 aliphatic heterocycles. The third-order valence-electron chi connectivity index (χ3n) is 5.11. The fourth-order valence-electron chi connectivity index (χ4n) is 3.85. The Morgan fingerprint density at radius 2 is 1.97 bits per heavy atom. The first-order valence-corrected chi connectivity index (χ1v) is 10.3. The van der Waals surface area contributed by atoms with Gasteiger partial charge in [-0.05, 0) is 37.6 Å². The number of ether oxygens (including phenoxy) is 1. The summed E-state index contributed by atoms with van der Waals surface area (Å²) in [5.74, 6) is -3.39. The Balaban J connectivity index is 0.00000132. The molecule has 31 heavy (non-hydrogen) atoms. The number of amides is 1. The van der Waals surface area contributed by atoms with E-state index in [4.69, 9.17) is 4.74 Å². The van der Waals surface area contributed by atoms with Gasteiger partial charge in [-0.1, -0.05) is 19.9 Å². The van der Waals surface area contributed by atoms with E-state index < -0.39 is 24.3 Å². The second kappa shape index (κ2) is 8.95. The largest absolute Gasteiger partial charge is 0.496 e. The van der Waals surface area contributed by atoms with Gasteiger partial charge in [0.1, 0.15) is 12.1 Å². The molecule has 9 heteroatoms. The highest BCUT2D eigenvalue weighted by atomic mass is 19.3. The second-order valence-corrected chi connectivity index (χ2v) is 7.44. The number of rotatable bonds is 3. The molecule has 0 bridgehead atoms. The number of benzene rings is 1. The van der Waals surface area contributed by atoms with Gasteiger partial charge < -0.3 is 9.64 Å².